The van der Waals surface area contributed by atoms with Crippen LogP contribution in [-0.4, -0.2) is 101 Å². The van der Waals surface area contributed by atoms with Crippen molar-refractivity contribution in [2.24, 2.45) is 21.6 Å². The van der Waals surface area contributed by atoms with E-state index in [-0.39, 0.29) is 40.5 Å². The van der Waals surface area contributed by atoms with Crippen molar-refractivity contribution in [2.75, 3.05) is 30.9 Å². The fourth-order valence-electron chi connectivity index (χ4n) is 3.56. The van der Waals surface area contributed by atoms with E-state index in [9.17, 15) is 19.5 Å². The number of anilines is 1. The van der Waals surface area contributed by atoms with Crippen molar-refractivity contribution in [2.45, 2.75) is 23.1 Å². The molecule has 2 atom stereocenters. The molecular formula is C18H22N12O5S3. The molecule has 2 aromatic rings. The van der Waals surface area contributed by atoms with Gasteiger partial charge in [-0.15, -0.1) is 28.2 Å². The fraction of sp³-hybridized carbons (Fsp3) is 0.389. The largest absolute Gasteiger partial charge is 0.477 e. The number of nitrogen functional groups attached to an aromatic ring is 1. The normalized spacial score (nSPS) is 19.0. The van der Waals surface area contributed by atoms with Gasteiger partial charge >= 0.3 is 5.97 Å². The molecule has 2 aliphatic rings. The summed E-state index contributed by atoms with van der Waals surface area (Å²) in [5.74, 6) is -2.04. The summed E-state index contributed by atoms with van der Waals surface area (Å²) >= 11 is 3.66. The average molecular weight is 583 g/mol. The van der Waals surface area contributed by atoms with Crippen LogP contribution in [0.4, 0.5) is 5.13 Å². The third kappa shape index (κ3) is 5.65. The topological polar surface area (TPSA) is 255 Å². The van der Waals surface area contributed by atoms with Crippen LogP contribution in [0.2, 0.25) is 0 Å². The quantitative estimate of drug-likeness (QED) is 0.0623. The van der Waals surface area contributed by atoms with Gasteiger partial charge in [-0.3, -0.25) is 19.5 Å². The predicted octanol–water partition coefficient (Wildman–Crippen LogP) is -2.13. The maximum atomic E-state index is 13.0. The van der Waals surface area contributed by atoms with Gasteiger partial charge in [-0.25, -0.2) is 14.5 Å². The monoisotopic (exact) mass is 582 g/mol. The van der Waals surface area contributed by atoms with Crippen LogP contribution in [0, 0.1) is 0 Å². The zero-order chi connectivity index (χ0) is 27.4. The number of β-lactam (4-membered cyclic amide) rings is 1. The molecule has 17 nitrogen and oxygen atoms in total. The summed E-state index contributed by atoms with van der Waals surface area (Å²) in [6.07, 6.45) is 0. The van der Waals surface area contributed by atoms with Gasteiger partial charge < -0.3 is 32.5 Å². The number of carboxylic acid groups (broad SMARTS) is 1. The lowest BCUT2D eigenvalue weighted by molar-refractivity contribution is -0.150. The van der Waals surface area contributed by atoms with Gasteiger partial charge in [0.1, 0.15) is 29.9 Å². The number of guanidine groups is 1. The fourth-order valence-corrected chi connectivity index (χ4v) is 6.50. The maximum absolute atomic E-state index is 13.0. The van der Waals surface area contributed by atoms with E-state index in [0.29, 0.717) is 23.0 Å². The van der Waals surface area contributed by atoms with Gasteiger partial charge in [0.2, 0.25) is 5.16 Å². The molecule has 38 heavy (non-hydrogen) atoms. The van der Waals surface area contributed by atoms with Crippen LogP contribution < -0.4 is 22.5 Å². The summed E-state index contributed by atoms with van der Waals surface area (Å²) < 4.78 is 1.49. The number of aliphatic carboxylic acids is 1. The van der Waals surface area contributed by atoms with E-state index in [0.717, 1.165) is 11.3 Å². The lowest BCUT2D eigenvalue weighted by Crippen LogP contribution is -2.71. The minimum absolute atomic E-state index is 0.0546. The highest BCUT2D eigenvalue weighted by molar-refractivity contribution is 8.01. The van der Waals surface area contributed by atoms with Gasteiger partial charge in [0.25, 0.3) is 11.8 Å². The molecule has 20 heteroatoms. The maximum Gasteiger partial charge on any atom is 0.352 e. The molecule has 0 saturated carbocycles. The van der Waals surface area contributed by atoms with Gasteiger partial charge in [-0.2, -0.15) is 0 Å². The molecule has 0 bridgehead atoms. The van der Waals surface area contributed by atoms with Crippen molar-refractivity contribution < 1.29 is 24.3 Å². The summed E-state index contributed by atoms with van der Waals surface area (Å²) in [7, 11) is 1.27. The number of hydrogen-bond donors (Lipinski definition) is 5. The number of aromatic nitrogens is 5. The van der Waals surface area contributed by atoms with Crippen LogP contribution in [0.1, 0.15) is 5.69 Å². The minimum Gasteiger partial charge on any atom is -0.477 e. The number of nitrogens with zero attached hydrogens (tertiary/aromatic N) is 8. The Bertz CT molecular complexity index is 1330. The predicted molar refractivity (Wildman–Crippen MR) is 139 cm³/mol. The highest BCUT2D eigenvalue weighted by atomic mass is 32.2. The number of tetrazole rings is 1. The van der Waals surface area contributed by atoms with E-state index >= 15 is 0 Å². The van der Waals surface area contributed by atoms with E-state index in [1.165, 1.54) is 45.6 Å². The van der Waals surface area contributed by atoms with E-state index in [1.807, 2.05) is 0 Å². The number of rotatable bonds is 11. The van der Waals surface area contributed by atoms with E-state index in [4.69, 9.17) is 22.0 Å². The number of thioether (sulfide) groups is 2. The molecule has 2 amide bonds. The number of carbonyl (C=O) groups is 3. The highest BCUT2D eigenvalue weighted by Crippen LogP contribution is 2.41. The first-order valence-electron chi connectivity index (χ1n) is 10.7. The van der Waals surface area contributed by atoms with Crippen molar-refractivity contribution in [3.05, 3.63) is 22.3 Å². The molecule has 0 aromatic carbocycles. The molecule has 0 radical (unpaired) electrons. The molecule has 0 spiro atoms. The van der Waals surface area contributed by atoms with Crippen molar-refractivity contribution >= 4 is 69.4 Å². The van der Waals surface area contributed by atoms with Gasteiger partial charge in [-0.1, -0.05) is 16.9 Å². The van der Waals surface area contributed by atoms with Crippen molar-refractivity contribution in [1.29, 1.82) is 0 Å². The molecule has 4 heterocycles. The summed E-state index contributed by atoms with van der Waals surface area (Å²) in [5.41, 5.74) is 16.7. The second kappa shape index (κ2) is 11.6. The minimum atomic E-state index is -1.25. The molecule has 8 N–H and O–H groups in total. The second-order valence-electron chi connectivity index (χ2n) is 7.59. The summed E-state index contributed by atoms with van der Waals surface area (Å²) in [6, 6.07) is -0.961. The molecule has 4 rings (SSSR count). The van der Waals surface area contributed by atoms with E-state index in [2.05, 4.69) is 36.0 Å². The molecule has 0 aliphatic carbocycles. The molecule has 2 aromatic heterocycles. The second-order valence-corrected chi connectivity index (χ2v) is 10.5. The number of nitrogens with one attached hydrogen (secondary N) is 1. The number of carbonyl (C=O) groups excluding carboxylic acids is 2. The van der Waals surface area contributed by atoms with Crippen LogP contribution in [-0.2, 0) is 25.8 Å². The van der Waals surface area contributed by atoms with Gasteiger partial charge in [0, 0.05) is 16.9 Å². The van der Waals surface area contributed by atoms with Crippen molar-refractivity contribution in [1.82, 2.24) is 35.4 Å². The molecule has 0 unspecified atom stereocenters. The SMILES string of the molecule is CO/N=C(/C(=O)N[C@@H]1C(=O)N2C(C(=O)O)=C(CSc3nnnn3CCN=C(N)N)CS[C@H]12)c1csc(N)n1. The Kier molecular flexibility index (Phi) is 8.32. The smallest absolute Gasteiger partial charge is 0.352 e. The lowest BCUT2D eigenvalue weighted by Gasteiger charge is -2.49. The van der Waals surface area contributed by atoms with Crippen LogP contribution >= 0.6 is 34.9 Å². The average Bonchev–Trinajstić information content (AvgIpc) is 3.51. The summed E-state index contributed by atoms with van der Waals surface area (Å²) in [6.45, 7) is 0.590. The van der Waals surface area contributed by atoms with Gasteiger partial charge in [0.05, 0.1) is 13.1 Å². The Morgan fingerprint density at radius 3 is 2.84 bits per heavy atom. The standard InChI is InChI=1S/C18H22N12O5S3/c1-35-26-9(8-6-37-17(21)23-8)12(31)24-10-13(32)30-11(15(33)34)7(4-36-14(10)30)5-38-18-25-27-28-29(18)3-2-22-16(19)20/h6,10,14H,2-5H2,1H3,(H2,21,23)(H,24,31)(H,33,34)(H4,19,20,22)/b26-9+/t10-,14-/m1/s1. The molecule has 2 aliphatic heterocycles. The number of oxime groups is 1. The van der Waals surface area contributed by atoms with Crippen molar-refractivity contribution in [3.63, 3.8) is 0 Å². The van der Waals surface area contributed by atoms with E-state index in [1.54, 1.807) is 0 Å². The summed E-state index contributed by atoms with van der Waals surface area (Å²) in [4.78, 5) is 51.8. The Hall–Kier alpha value is -3.91. The lowest BCUT2D eigenvalue weighted by atomic mass is 10.0. The molecule has 1 saturated heterocycles. The van der Waals surface area contributed by atoms with E-state index < -0.39 is 29.2 Å². The van der Waals surface area contributed by atoms with Gasteiger partial charge in [-0.05, 0) is 16.0 Å². The Balaban J connectivity index is 1.45. The van der Waals surface area contributed by atoms with Crippen LogP contribution in [0.25, 0.3) is 0 Å². The first kappa shape index (κ1) is 27.1. The zero-order valence-electron chi connectivity index (χ0n) is 19.7. The van der Waals surface area contributed by atoms with Gasteiger partial charge in [0.15, 0.2) is 16.8 Å². The zero-order valence-corrected chi connectivity index (χ0v) is 22.1. The Morgan fingerprint density at radius 1 is 1.39 bits per heavy atom. The summed E-state index contributed by atoms with van der Waals surface area (Å²) in [5, 5.41) is 29.3. The highest BCUT2D eigenvalue weighted by Gasteiger charge is 2.54. The Morgan fingerprint density at radius 2 is 2.18 bits per heavy atom. The molecular weight excluding hydrogens is 560 g/mol. The molecule has 1 fully saturated rings. The number of fused-ring (bicyclic) bond motifs is 1. The van der Waals surface area contributed by atoms with Crippen LogP contribution in [0.3, 0.4) is 0 Å². The third-order valence-corrected chi connectivity index (χ3v) is 8.24. The first-order chi connectivity index (χ1) is 18.2. The number of nitrogens with two attached hydrogens (primary N) is 3. The number of hydrogen-bond acceptors (Lipinski definition) is 14. The number of aliphatic imine (C=N–C) groups is 1. The number of carboxylic acids is 1. The van der Waals surface area contributed by atoms with Crippen LogP contribution in [0.5, 0.6) is 0 Å². The number of thiazole rings is 1. The first-order valence-corrected chi connectivity index (χ1v) is 13.6. The number of amides is 2. The molecule has 202 valence electrons. The Labute approximate surface area is 226 Å². The van der Waals surface area contributed by atoms with Crippen LogP contribution in [0.15, 0.2) is 32.0 Å². The third-order valence-electron chi connectivity index (χ3n) is 5.18. The van der Waals surface area contributed by atoms with Crippen molar-refractivity contribution in [3.8, 4) is 0 Å².